The van der Waals surface area contributed by atoms with E-state index in [0.29, 0.717) is 24.3 Å². The Labute approximate surface area is 124 Å². The van der Waals surface area contributed by atoms with Crippen LogP contribution in [0, 0.1) is 5.82 Å². The maximum Gasteiger partial charge on any atom is 0.341 e. The highest BCUT2D eigenvalue weighted by atomic mass is 19.1. The molecule has 3 rings (SSSR count). The number of aromatic nitrogens is 1. The molecule has 4 N–H and O–H groups in total. The number of carboxylic acid groups (broad SMARTS) is 1. The number of aromatic carboxylic acids is 1. The number of rotatable bonds is 2. The van der Waals surface area contributed by atoms with Crippen LogP contribution in [0.1, 0.15) is 10.4 Å². The lowest BCUT2D eigenvalue weighted by Crippen LogP contribution is -2.44. The van der Waals surface area contributed by atoms with Crippen LogP contribution in [0.3, 0.4) is 0 Å². The zero-order chi connectivity index (χ0) is 15.9. The number of piperazine rings is 1. The number of fused-ring (bicyclic) bond motifs is 1. The third-order valence-corrected chi connectivity index (χ3v) is 3.79. The number of halogens is 1. The Morgan fingerprint density at radius 3 is 2.64 bits per heavy atom. The monoisotopic (exact) mass is 306 g/mol. The number of hydrogen-bond acceptors (Lipinski definition) is 5. The number of nitrogens with two attached hydrogens (primary N) is 1. The Morgan fingerprint density at radius 2 is 2.00 bits per heavy atom. The lowest BCUT2D eigenvalue weighted by molar-refractivity contribution is 0.0695. The van der Waals surface area contributed by atoms with Crippen molar-refractivity contribution in [2.75, 3.05) is 36.9 Å². The van der Waals surface area contributed by atoms with Crippen LogP contribution < -0.4 is 21.5 Å². The maximum absolute atomic E-state index is 14.4. The first kappa shape index (κ1) is 14.3. The predicted octanol–water partition coefficient (Wildman–Crippen LogP) is -0.0378. The second-order valence-corrected chi connectivity index (χ2v) is 5.14. The van der Waals surface area contributed by atoms with Crippen molar-refractivity contribution >= 4 is 22.6 Å². The van der Waals surface area contributed by atoms with Crippen LogP contribution in [0.25, 0.3) is 10.9 Å². The molecule has 1 aromatic heterocycles. The molecule has 1 aromatic carbocycles. The van der Waals surface area contributed by atoms with Crippen molar-refractivity contribution in [3.8, 4) is 0 Å². The zero-order valence-electron chi connectivity index (χ0n) is 11.7. The number of carbonyl (C=O) groups is 1. The number of anilines is 1. The standard InChI is InChI=1S/C14H15FN4O3/c15-10-5-8-11(6-12(10)18-3-1-17-2-4-18)19(16)7-9(13(8)20)14(21)22/h5-7,17H,1-4,16H2,(H,21,22). The lowest BCUT2D eigenvalue weighted by atomic mass is 10.1. The summed E-state index contributed by atoms with van der Waals surface area (Å²) in [6.45, 7) is 2.77. The van der Waals surface area contributed by atoms with Crippen molar-refractivity contribution in [2.45, 2.75) is 0 Å². The van der Waals surface area contributed by atoms with E-state index in [1.165, 1.54) is 6.07 Å². The highest BCUT2D eigenvalue weighted by Crippen LogP contribution is 2.24. The van der Waals surface area contributed by atoms with Gasteiger partial charge in [-0.15, -0.1) is 0 Å². The summed E-state index contributed by atoms with van der Waals surface area (Å²) in [7, 11) is 0. The normalized spacial score (nSPS) is 15.2. The second kappa shape index (κ2) is 5.30. The van der Waals surface area contributed by atoms with Crippen molar-refractivity contribution in [2.24, 2.45) is 0 Å². The fourth-order valence-corrected chi connectivity index (χ4v) is 2.66. The van der Waals surface area contributed by atoms with Gasteiger partial charge in [0.2, 0.25) is 5.43 Å². The van der Waals surface area contributed by atoms with Crippen molar-refractivity contribution in [3.63, 3.8) is 0 Å². The van der Waals surface area contributed by atoms with E-state index in [0.717, 1.165) is 30.0 Å². The average Bonchev–Trinajstić information content (AvgIpc) is 2.51. The van der Waals surface area contributed by atoms with Crippen LogP contribution in [0.2, 0.25) is 0 Å². The largest absolute Gasteiger partial charge is 0.477 e. The molecule has 1 aliphatic heterocycles. The van der Waals surface area contributed by atoms with Gasteiger partial charge in [-0.1, -0.05) is 0 Å². The van der Waals surface area contributed by atoms with Crippen LogP contribution in [0.5, 0.6) is 0 Å². The topological polar surface area (TPSA) is 101 Å². The van der Waals surface area contributed by atoms with Gasteiger partial charge in [-0.25, -0.2) is 9.18 Å². The van der Waals surface area contributed by atoms with Crippen LogP contribution >= 0.6 is 0 Å². The third-order valence-electron chi connectivity index (χ3n) is 3.79. The molecule has 0 radical (unpaired) electrons. The molecule has 0 unspecified atom stereocenters. The Bertz CT molecular complexity index is 812. The van der Waals surface area contributed by atoms with E-state index in [4.69, 9.17) is 10.9 Å². The molecular weight excluding hydrogens is 291 g/mol. The van der Waals surface area contributed by atoms with Crippen molar-refractivity contribution < 1.29 is 14.3 Å². The summed E-state index contributed by atoms with van der Waals surface area (Å²) >= 11 is 0. The molecule has 22 heavy (non-hydrogen) atoms. The van der Waals surface area contributed by atoms with Gasteiger partial charge in [0.1, 0.15) is 11.4 Å². The zero-order valence-corrected chi connectivity index (χ0v) is 11.7. The number of carboxylic acids is 1. The molecule has 1 fully saturated rings. The van der Waals surface area contributed by atoms with Crippen molar-refractivity contribution in [1.82, 2.24) is 9.99 Å². The highest BCUT2D eigenvalue weighted by Gasteiger charge is 2.19. The summed E-state index contributed by atoms with van der Waals surface area (Å²) in [4.78, 5) is 25.0. The smallest absolute Gasteiger partial charge is 0.341 e. The molecule has 8 heteroatoms. The summed E-state index contributed by atoms with van der Waals surface area (Å²) in [5.74, 6) is 3.82. The van der Waals surface area contributed by atoms with Gasteiger partial charge in [-0.05, 0) is 12.1 Å². The van der Waals surface area contributed by atoms with Gasteiger partial charge in [0, 0.05) is 32.4 Å². The van der Waals surface area contributed by atoms with E-state index in [1.807, 2.05) is 4.90 Å². The Balaban J connectivity index is 2.22. The quantitative estimate of drug-likeness (QED) is 0.673. The van der Waals surface area contributed by atoms with Crippen LogP contribution in [0.15, 0.2) is 23.1 Å². The highest BCUT2D eigenvalue weighted by molar-refractivity contribution is 5.93. The lowest BCUT2D eigenvalue weighted by Gasteiger charge is -2.30. The van der Waals surface area contributed by atoms with Gasteiger partial charge in [0.25, 0.3) is 0 Å². The Hall–Kier alpha value is -2.61. The van der Waals surface area contributed by atoms with E-state index in [2.05, 4.69) is 5.32 Å². The molecule has 2 aromatic rings. The molecule has 1 aliphatic rings. The van der Waals surface area contributed by atoms with Gasteiger partial charge in [0.05, 0.1) is 16.6 Å². The van der Waals surface area contributed by atoms with E-state index in [9.17, 15) is 14.0 Å². The van der Waals surface area contributed by atoms with E-state index in [1.54, 1.807) is 0 Å². The van der Waals surface area contributed by atoms with Gasteiger partial charge in [-0.3, -0.25) is 9.47 Å². The number of pyridine rings is 1. The number of nitrogens with one attached hydrogen (secondary N) is 1. The predicted molar refractivity (Wildman–Crippen MR) is 80.4 cm³/mol. The van der Waals surface area contributed by atoms with E-state index < -0.39 is 22.8 Å². The molecular formula is C14H15FN4O3. The minimum Gasteiger partial charge on any atom is -0.477 e. The minimum atomic E-state index is -1.39. The molecule has 0 atom stereocenters. The summed E-state index contributed by atoms with van der Waals surface area (Å²) in [5.41, 5.74) is -0.570. The van der Waals surface area contributed by atoms with E-state index >= 15 is 0 Å². The van der Waals surface area contributed by atoms with Crippen molar-refractivity contribution in [1.29, 1.82) is 0 Å². The fraction of sp³-hybridized carbons (Fsp3) is 0.286. The summed E-state index contributed by atoms with van der Waals surface area (Å²) in [6.07, 6.45) is 1.05. The summed E-state index contributed by atoms with van der Waals surface area (Å²) < 4.78 is 15.4. The van der Waals surface area contributed by atoms with Crippen molar-refractivity contribution in [3.05, 3.63) is 39.9 Å². The fourth-order valence-electron chi connectivity index (χ4n) is 2.66. The first-order valence-corrected chi connectivity index (χ1v) is 6.82. The van der Waals surface area contributed by atoms with Gasteiger partial charge < -0.3 is 21.2 Å². The SMILES string of the molecule is Nn1cc(C(=O)O)c(=O)c2cc(F)c(N3CCNCC3)cc21. The minimum absolute atomic E-state index is 0.0428. The maximum atomic E-state index is 14.4. The number of hydrogen-bond donors (Lipinski definition) is 3. The first-order chi connectivity index (χ1) is 10.5. The molecule has 0 saturated carbocycles. The molecule has 1 saturated heterocycles. The third kappa shape index (κ3) is 2.27. The number of benzene rings is 1. The summed E-state index contributed by atoms with van der Waals surface area (Å²) in [5, 5.41) is 12.1. The van der Waals surface area contributed by atoms with Gasteiger partial charge >= 0.3 is 5.97 Å². The second-order valence-electron chi connectivity index (χ2n) is 5.14. The van der Waals surface area contributed by atoms with E-state index in [-0.39, 0.29) is 5.39 Å². The average molecular weight is 306 g/mol. The molecule has 0 aliphatic carbocycles. The number of nitrogen functional groups attached to an aromatic ring is 1. The number of nitrogens with zero attached hydrogens (tertiary/aromatic N) is 2. The Kier molecular flexibility index (Phi) is 3.45. The molecule has 0 amide bonds. The first-order valence-electron chi connectivity index (χ1n) is 6.82. The molecule has 116 valence electrons. The molecule has 2 heterocycles. The molecule has 0 bridgehead atoms. The van der Waals surface area contributed by atoms with Crippen LogP contribution in [-0.4, -0.2) is 41.9 Å². The van der Waals surface area contributed by atoms with Crippen LogP contribution in [-0.2, 0) is 0 Å². The Morgan fingerprint density at radius 1 is 1.32 bits per heavy atom. The molecule has 7 nitrogen and oxygen atoms in total. The van der Waals surface area contributed by atoms with Gasteiger partial charge in [0.15, 0.2) is 0 Å². The summed E-state index contributed by atoms with van der Waals surface area (Å²) in [6, 6.07) is 2.55. The molecule has 0 spiro atoms. The van der Waals surface area contributed by atoms with Crippen LogP contribution in [0.4, 0.5) is 10.1 Å². The van der Waals surface area contributed by atoms with Gasteiger partial charge in [-0.2, -0.15) is 0 Å².